The Hall–Kier alpha value is -2.06. The van der Waals surface area contributed by atoms with Gasteiger partial charge in [0.2, 0.25) is 5.91 Å². The summed E-state index contributed by atoms with van der Waals surface area (Å²) in [6.07, 6.45) is 4.03. The number of hydrogen-bond acceptors (Lipinski definition) is 6. The van der Waals surface area contributed by atoms with Crippen molar-refractivity contribution in [1.82, 2.24) is 20.2 Å². The second-order valence-electron chi connectivity index (χ2n) is 10.1. The molecule has 2 aliphatic heterocycles. The van der Waals surface area contributed by atoms with Gasteiger partial charge in [-0.1, -0.05) is 11.6 Å². The van der Waals surface area contributed by atoms with E-state index in [4.69, 9.17) is 21.3 Å². The van der Waals surface area contributed by atoms with Crippen LogP contribution in [0.25, 0.3) is 21.5 Å². The third-order valence-electron chi connectivity index (χ3n) is 6.85. The van der Waals surface area contributed by atoms with Crippen molar-refractivity contribution in [1.29, 1.82) is 0 Å². The first-order chi connectivity index (χ1) is 16.2. The lowest BCUT2D eigenvalue weighted by atomic mass is 9.93. The molecule has 1 amide bonds. The minimum absolute atomic E-state index is 0.0706. The molecule has 0 saturated carbocycles. The predicted octanol–water partition coefficient (Wildman–Crippen LogP) is 5.14. The largest absolute Gasteiger partial charge is 0.369 e. The normalized spacial score (nSPS) is 22.6. The molecule has 0 spiro atoms. The van der Waals surface area contributed by atoms with E-state index in [1.54, 1.807) is 17.7 Å². The zero-order valence-corrected chi connectivity index (χ0v) is 21.7. The highest BCUT2D eigenvalue weighted by molar-refractivity contribution is 7.19. The second kappa shape index (κ2) is 9.19. The number of aryl methyl sites for hydroxylation is 1. The Labute approximate surface area is 209 Å². The maximum atomic E-state index is 12.3. The Bertz CT molecular complexity index is 1240. The smallest absolute Gasteiger partial charge is 0.223 e. The van der Waals surface area contributed by atoms with Gasteiger partial charge < -0.3 is 15.0 Å². The SMILES string of the molecule is Cc1cc(Cl)cc(-c2ncnc3cc(CN4C(=O)CCC4C)sc23)c1CC1CNCC(C)(C)O1. The molecule has 2 saturated heterocycles. The topological polar surface area (TPSA) is 67.4 Å². The van der Waals surface area contributed by atoms with Gasteiger partial charge in [-0.05, 0) is 63.4 Å². The molecule has 5 rings (SSSR count). The number of fused-ring (bicyclic) bond motifs is 1. The number of ether oxygens (including phenoxy) is 1. The van der Waals surface area contributed by atoms with Gasteiger partial charge in [-0.2, -0.15) is 0 Å². The fraction of sp³-hybridized carbons (Fsp3) is 0.500. The van der Waals surface area contributed by atoms with Gasteiger partial charge in [0.25, 0.3) is 0 Å². The molecule has 1 aromatic carbocycles. The van der Waals surface area contributed by atoms with E-state index in [1.807, 2.05) is 17.0 Å². The van der Waals surface area contributed by atoms with E-state index in [1.165, 1.54) is 5.56 Å². The molecule has 8 heteroatoms. The van der Waals surface area contributed by atoms with Gasteiger partial charge in [-0.15, -0.1) is 11.3 Å². The van der Waals surface area contributed by atoms with E-state index < -0.39 is 0 Å². The number of carbonyl (C=O) groups is 1. The van der Waals surface area contributed by atoms with Crippen LogP contribution in [-0.4, -0.2) is 51.6 Å². The molecule has 180 valence electrons. The standard InChI is InChI=1S/C26H31ClN4O2S/c1-15-7-17(27)8-21(20(15)9-18-11-28-13-26(3,4)33-18)24-25-22(29-14-30-24)10-19(34-25)12-31-16(2)5-6-23(31)32/h7-8,10,14,16,18,28H,5-6,9,11-13H2,1-4H3. The third-order valence-corrected chi connectivity index (χ3v) is 8.18. The van der Waals surface area contributed by atoms with Crippen LogP contribution in [0.2, 0.25) is 5.02 Å². The van der Waals surface area contributed by atoms with Crippen LogP contribution in [0.1, 0.15) is 49.6 Å². The van der Waals surface area contributed by atoms with Crippen molar-refractivity contribution in [2.45, 2.75) is 71.2 Å². The molecule has 2 aromatic heterocycles. The number of amides is 1. The van der Waals surface area contributed by atoms with Gasteiger partial charge in [-0.25, -0.2) is 9.97 Å². The molecule has 1 N–H and O–H groups in total. The number of carbonyl (C=O) groups excluding carboxylic acids is 1. The van der Waals surface area contributed by atoms with Crippen LogP contribution in [0, 0.1) is 6.92 Å². The Balaban J connectivity index is 1.53. The van der Waals surface area contributed by atoms with Crippen LogP contribution in [0.5, 0.6) is 0 Å². The van der Waals surface area contributed by atoms with Crippen molar-refractivity contribution in [3.8, 4) is 11.3 Å². The van der Waals surface area contributed by atoms with E-state index in [0.717, 1.165) is 57.8 Å². The minimum atomic E-state index is -0.196. The monoisotopic (exact) mass is 498 g/mol. The lowest BCUT2D eigenvalue weighted by Crippen LogP contribution is -2.51. The molecular formula is C26H31ClN4O2S. The van der Waals surface area contributed by atoms with E-state index >= 15 is 0 Å². The fourth-order valence-electron chi connectivity index (χ4n) is 5.13. The second-order valence-corrected chi connectivity index (χ2v) is 11.7. The lowest BCUT2D eigenvalue weighted by Gasteiger charge is -2.37. The maximum absolute atomic E-state index is 12.3. The highest BCUT2D eigenvalue weighted by Gasteiger charge is 2.30. The summed E-state index contributed by atoms with van der Waals surface area (Å²) in [6, 6.07) is 6.40. The van der Waals surface area contributed by atoms with Crippen LogP contribution in [0.3, 0.4) is 0 Å². The average Bonchev–Trinajstić information content (AvgIpc) is 3.32. The van der Waals surface area contributed by atoms with Crippen LogP contribution >= 0.6 is 22.9 Å². The highest BCUT2D eigenvalue weighted by atomic mass is 35.5. The van der Waals surface area contributed by atoms with Crippen LogP contribution < -0.4 is 5.32 Å². The summed E-state index contributed by atoms with van der Waals surface area (Å²) in [7, 11) is 0. The molecule has 2 aliphatic rings. The van der Waals surface area contributed by atoms with Crippen molar-refractivity contribution < 1.29 is 9.53 Å². The van der Waals surface area contributed by atoms with Crippen LogP contribution in [0.15, 0.2) is 24.5 Å². The number of morpholine rings is 1. The Kier molecular flexibility index (Phi) is 6.40. The number of halogens is 1. The summed E-state index contributed by atoms with van der Waals surface area (Å²) in [5.41, 5.74) is 4.97. The van der Waals surface area contributed by atoms with E-state index in [0.29, 0.717) is 18.0 Å². The summed E-state index contributed by atoms with van der Waals surface area (Å²) >= 11 is 8.20. The summed E-state index contributed by atoms with van der Waals surface area (Å²) in [6.45, 7) is 10.7. The van der Waals surface area contributed by atoms with Gasteiger partial charge in [0.15, 0.2) is 0 Å². The predicted molar refractivity (Wildman–Crippen MR) is 137 cm³/mol. The van der Waals surface area contributed by atoms with Crippen molar-refractivity contribution in [2.24, 2.45) is 0 Å². The summed E-state index contributed by atoms with van der Waals surface area (Å²) in [5, 5.41) is 4.20. The summed E-state index contributed by atoms with van der Waals surface area (Å²) < 4.78 is 7.41. The first-order valence-electron chi connectivity index (χ1n) is 11.9. The molecular weight excluding hydrogens is 468 g/mol. The molecule has 6 nitrogen and oxygen atoms in total. The quantitative estimate of drug-likeness (QED) is 0.527. The number of likely N-dealkylation sites (tertiary alicyclic amines) is 1. The van der Waals surface area contributed by atoms with Crippen LogP contribution in [-0.2, 0) is 22.5 Å². The number of nitrogens with zero attached hydrogens (tertiary/aromatic N) is 3. The molecule has 0 bridgehead atoms. The van der Waals surface area contributed by atoms with E-state index in [9.17, 15) is 4.79 Å². The summed E-state index contributed by atoms with van der Waals surface area (Å²) in [4.78, 5) is 24.7. The molecule has 0 radical (unpaired) electrons. The first-order valence-corrected chi connectivity index (χ1v) is 13.1. The first kappa shape index (κ1) is 23.7. The van der Waals surface area contributed by atoms with Crippen molar-refractivity contribution in [3.63, 3.8) is 0 Å². The zero-order valence-electron chi connectivity index (χ0n) is 20.2. The third kappa shape index (κ3) is 4.71. The van der Waals surface area contributed by atoms with Gasteiger partial charge in [0.05, 0.1) is 34.2 Å². The molecule has 2 unspecified atom stereocenters. The fourth-order valence-corrected chi connectivity index (χ4v) is 6.51. The molecule has 34 heavy (non-hydrogen) atoms. The molecule has 2 atom stereocenters. The Morgan fingerprint density at radius 1 is 1.29 bits per heavy atom. The van der Waals surface area contributed by atoms with Gasteiger partial charge in [0, 0.05) is 47.4 Å². The Morgan fingerprint density at radius 2 is 2.12 bits per heavy atom. The number of rotatable bonds is 5. The molecule has 0 aliphatic carbocycles. The number of benzene rings is 1. The number of thiophene rings is 1. The lowest BCUT2D eigenvalue weighted by molar-refractivity contribution is -0.129. The maximum Gasteiger partial charge on any atom is 0.223 e. The van der Waals surface area contributed by atoms with Crippen molar-refractivity contribution in [2.75, 3.05) is 13.1 Å². The minimum Gasteiger partial charge on any atom is -0.369 e. The molecule has 4 heterocycles. The molecule has 3 aromatic rings. The van der Waals surface area contributed by atoms with E-state index in [2.05, 4.69) is 44.1 Å². The van der Waals surface area contributed by atoms with Gasteiger partial charge >= 0.3 is 0 Å². The zero-order chi connectivity index (χ0) is 24.0. The number of nitrogens with one attached hydrogen (secondary N) is 1. The van der Waals surface area contributed by atoms with Gasteiger partial charge in [-0.3, -0.25) is 4.79 Å². The van der Waals surface area contributed by atoms with Crippen molar-refractivity contribution in [3.05, 3.63) is 45.6 Å². The Morgan fingerprint density at radius 3 is 2.85 bits per heavy atom. The summed E-state index contributed by atoms with van der Waals surface area (Å²) in [5.74, 6) is 0.230. The average molecular weight is 499 g/mol. The van der Waals surface area contributed by atoms with E-state index in [-0.39, 0.29) is 23.7 Å². The molecule has 2 fully saturated rings. The number of hydrogen-bond donors (Lipinski definition) is 1. The van der Waals surface area contributed by atoms with Gasteiger partial charge in [0.1, 0.15) is 6.33 Å². The highest BCUT2D eigenvalue weighted by Crippen LogP contribution is 2.38. The van der Waals surface area contributed by atoms with Crippen LogP contribution in [0.4, 0.5) is 0 Å². The number of aromatic nitrogens is 2. The van der Waals surface area contributed by atoms with Crippen molar-refractivity contribution >= 4 is 39.1 Å².